The molecule has 1 aliphatic rings. The van der Waals surface area contributed by atoms with Crippen molar-refractivity contribution in [3.63, 3.8) is 0 Å². The smallest absolute Gasteiger partial charge is 0.221 e. The van der Waals surface area contributed by atoms with Crippen LogP contribution in [0.4, 0.5) is 0 Å². The van der Waals surface area contributed by atoms with Gasteiger partial charge in [0.2, 0.25) is 5.91 Å². The van der Waals surface area contributed by atoms with Crippen LogP contribution in [-0.4, -0.2) is 19.5 Å². The Morgan fingerprint density at radius 1 is 1.53 bits per heavy atom. The van der Waals surface area contributed by atoms with Crippen molar-refractivity contribution in [2.75, 3.05) is 13.6 Å². The van der Waals surface area contributed by atoms with Gasteiger partial charge in [-0.15, -0.1) is 0 Å². The standard InChI is InChI=1S/C13H17ClN2O/c1-15-7-6-13(17)16-12-5-2-9-8-10(14)3-4-11(9)12/h3-4,8,12,15H,2,5-7H2,1H3,(H,16,17). The molecule has 0 fully saturated rings. The van der Waals surface area contributed by atoms with E-state index in [-0.39, 0.29) is 11.9 Å². The van der Waals surface area contributed by atoms with Gasteiger partial charge < -0.3 is 10.6 Å². The number of hydrogen-bond acceptors (Lipinski definition) is 2. The number of benzene rings is 1. The summed E-state index contributed by atoms with van der Waals surface area (Å²) in [6.07, 6.45) is 2.49. The van der Waals surface area contributed by atoms with E-state index in [0.29, 0.717) is 13.0 Å². The highest BCUT2D eigenvalue weighted by molar-refractivity contribution is 6.30. The van der Waals surface area contributed by atoms with Gasteiger partial charge in [-0.25, -0.2) is 0 Å². The van der Waals surface area contributed by atoms with Gasteiger partial charge in [-0.1, -0.05) is 17.7 Å². The summed E-state index contributed by atoms with van der Waals surface area (Å²) < 4.78 is 0. The van der Waals surface area contributed by atoms with E-state index < -0.39 is 0 Å². The minimum atomic E-state index is 0.104. The van der Waals surface area contributed by atoms with Gasteiger partial charge in [-0.3, -0.25) is 4.79 Å². The highest BCUT2D eigenvalue weighted by atomic mass is 35.5. The third kappa shape index (κ3) is 2.99. The Kier molecular flexibility index (Phi) is 4.02. The lowest BCUT2D eigenvalue weighted by Gasteiger charge is -2.14. The Bertz CT molecular complexity index is 420. The van der Waals surface area contributed by atoms with Crippen LogP contribution >= 0.6 is 11.6 Å². The SMILES string of the molecule is CNCCC(=O)NC1CCc2cc(Cl)ccc21. The molecule has 0 aromatic heterocycles. The maximum Gasteiger partial charge on any atom is 0.221 e. The minimum Gasteiger partial charge on any atom is -0.349 e. The molecular weight excluding hydrogens is 236 g/mol. The lowest BCUT2D eigenvalue weighted by atomic mass is 10.1. The molecule has 0 aliphatic heterocycles. The zero-order valence-corrected chi connectivity index (χ0v) is 10.7. The van der Waals surface area contributed by atoms with Crippen molar-refractivity contribution in [1.29, 1.82) is 0 Å². The average Bonchev–Trinajstić information content (AvgIpc) is 2.69. The van der Waals surface area contributed by atoms with Gasteiger partial charge in [0, 0.05) is 18.0 Å². The zero-order chi connectivity index (χ0) is 12.3. The van der Waals surface area contributed by atoms with E-state index >= 15 is 0 Å². The summed E-state index contributed by atoms with van der Waals surface area (Å²) in [5, 5.41) is 6.81. The molecule has 3 nitrogen and oxygen atoms in total. The van der Waals surface area contributed by atoms with Crippen molar-refractivity contribution in [2.45, 2.75) is 25.3 Å². The molecule has 0 heterocycles. The first-order valence-corrected chi connectivity index (χ1v) is 6.31. The van der Waals surface area contributed by atoms with Crippen LogP contribution in [0.3, 0.4) is 0 Å². The molecule has 0 saturated carbocycles. The lowest BCUT2D eigenvalue weighted by molar-refractivity contribution is -0.121. The van der Waals surface area contributed by atoms with Crippen LogP contribution in [0.25, 0.3) is 0 Å². The summed E-state index contributed by atoms with van der Waals surface area (Å²) in [4.78, 5) is 11.7. The Hall–Kier alpha value is -1.06. The normalized spacial score (nSPS) is 17.9. The third-order valence-electron chi connectivity index (χ3n) is 3.12. The Morgan fingerprint density at radius 3 is 3.12 bits per heavy atom. The summed E-state index contributed by atoms with van der Waals surface area (Å²) in [7, 11) is 1.85. The average molecular weight is 253 g/mol. The number of rotatable bonds is 4. The van der Waals surface area contributed by atoms with Crippen molar-refractivity contribution in [2.24, 2.45) is 0 Å². The van der Waals surface area contributed by atoms with E-state index in [1.807, 2.05) is 25.2 Å². The second-order valence-electron chi connectivity index (χ2n) is 4.36. The number of carbonyl (C=O) groups excluding carboxylic acids is 1. The van der Waals surface area contributed by atoms with Gasteiger partial charge in [0.05, 0.1) is 6.04 Å². The topological polar surface area (TPSA) is 41.1 Å². The highest BCUT2D eigenvalue weighted by Crippen LogP contribution is 2.32. The first-order chi connectivity index (χ1) is 8.20. The van der Waals surface area contributed by atoms with Crippen molar-refractivity contribution in [3.8, 4) is 0 Å². The molecule has 0 bridgehead atoms. The van der Waals surface area contributed by atoms with Crippen LogP contribution < -0.4 is 10.6 Å². The molecule has 92 valence electrons. The van der Waals surface area contributed by atoms with Crippen LogP contribution in [0, 0.1) is 0 Å². The predicted octanol–water partition coefficient (Wildman–Crippen LogP) is 2.05. The molecule has 2 rings (SSSR count). The maximum absolute atomic E-state index is 11.7. The van der Waals surface area contributed by atoms with Crippen LogP contribution in [0.15, 0.2) is 18.2 Å². The fourth-order valence-corrected chi connectivity index (χ4v) is 2.44. The van der Waals surface area contributed by atoms with Gasteiger partial charge in [0.25, 0.3) is 0 Å². The summed E-state index contributed by atoms with van der Waals surface area (Å²) in [6, 6.07) is 6.06. The van der Waals surface area contributed by atoms with Gasteiger partial charge >= 0.3 is 0 Å². The van der Waals surface area contributed by atoms with Crippen LogP contribution in [0.1, 0.15) is 30.0 Å². The summed E-state index contributed by atoms with van der Waals surface area (Å²) in [5.41, 5.74) is 2.48. The molecule has 0 radical (unpaired) electrons. The zero-order valence-electron chi connectivity index (χ0n) is 9.92. The van der Waals surface area contributed by atoms with Gasteiger partial charge in [0.1, 0.15) is 0 Å². The van der Waals surface area contributed by atoms with E-state index in [1.165, 1.54) is 11.1 Å². The van der Waals surface area contributed by atoms with Crippen LogP contribution in [0.5, 0.6) is 0 Å². The largest absolute Gasteiger partial charge is 0.349 e. The molecule has 1 aromatic carbocycles. The molecule has 4 heteroatoms. The number of aryl methyl sites for hydroxylation is 1. The summed E-state index contributed by atoms with van der Waals surface area (Å²) >= 11 is 5.95. The molecule has 0 spiro atoms. The van der Waals surface area contributed by atoms with Gasteiger partial charge in [-0.2, -0.15) is 0 Å². The molecule has 1 aliphatic carbocycles. The fourth-order valence-electron chi connectivity index (χ4n) is 2.24. The fraction of sp³-hybridized carbons (Fsp3) is 0.462. The van der Waals surface area contributed by atoms with Crippen LogP contribution in [-0.2, 0) is 11.2 Å². The predicted molar refractivity (Wildman–Crippen MR) is 69.2 cm³/mol. The van der Waals surface area contributed by atoms with E-state index in [4.69, 9.17) is 11.6 Å². The number of nitrogens with one attached hydrogen (secondary N) is 2. The van der Waals surface area contributed by atoms with E-state index in [0.717, 1.165) is 17.9 Å². The number of fused-ring (bicyclic) bond motifs is 1. The quantitative estimate of drug-likeness (QED) is 0.861. The van der Waals surface area contributed by atoms with Crippen molar-refractivity contribution in [3.05, 3.63) is 34.3 Å². The Balaban J connectivity index is 2.00. The summed E-state index contributed by atoms with van der Waals surface area (Å²) in [5.74, 6) is 0.104. The minimum absolute atomic E-state index is 0.104. The molecule has 1 aromatic rings. The van der Waals surface area contributed by atoms with Crippen molar-refractivity contribution >= 4 is 17.5 Å². The maximum atomic E-state index is 11.7. The van der Waals surface area contributed by atoms with E-state index in [9.17, 15) is 4.79 Å². The van der Waals surface area contributed by atoms with Crippen molar-refractivity contribution in [1.82, 2.24) is 10.6 Å². The lowest BCUT2D eigenvalue weighted by Crippen LogP contribution is -2.29. The Labute approximate surface area is 107 Å². The molecule has 1 unspecified atom stereocenters. The summed E-state index contributed by atoms with van der Waals surface area (Å²) in [6.45, 7) is 0.714. The third-order valence-corrected chi connectivity index (χ3v) is 3.36. The number of carbonyl (C=O) groups is 1. The van der Waals surface area contributed by atoms with Crippen molar-refractivity contribution < 1.29 is 4.79 Å². The number of hydrogen-bond donors (Lipinski definition) is 2. The molecule has 1 amide bonds. The number of amides is 1. The van der Waals surface area contributed by atoms with E-state index in [1.54, 1.807) is 0 Å². The first-order valence-electron chi connectivity index (χ1n) is 5.93. The second-order valence-corrected chi connectivity index (χ2v) is 4.79. The second kappa shape index (κ2) is 5.52. The highest BCUT2D eigenvalue weighted by Gasteiger charge is 2.23. The van der Waals surface area contributed by atoms with Crippen LogP contribution in [0.2, 0.25) is 5.02 Å². The first kappa shape index (κ1) is 12.4. The molecule has 1 atom stereocenters. The number of halogens is 1. The van der Waals surface area contributed by atoms with Gasteiger partial charge in [0.15, 0.2) is 0 Å². The monoisotopic (exact) mass is 252 g/mol. The van der Waals surface area contributed by atoms with E-state index in [2.05, 4.69) is 10.6 Å². The molecule has 2 N–H and O–H groups in total. The molecular formula is C13H17ClN2O. The molecule has 0 saturated heterocycles. The van der Waals surface area contributed by atoms with Gasteiger partial charge in [-0.05, 0) is 43.1 Å². The Morgan fingerprint density at radius 2 is 2.35 bits per heavy atom. The molecule has 17 heavy (non-hydrogen) atoms.